The molecular weight excluding hydrogens is 452 g/mol. The summed E-state index contributed by atoms with van der Waals surface area (Å²) in [7, 11) is -1.83. The van der Waals surface area contributed by atoms with Crippen molar-refractivity contribution in [1.82, 2.24) is 0 Å². The molecule has 0 nitrogen and oxygen atoms in total. The molecule has 0 saturated carbocycles. The van der Waals surface area contributed by atoms with Crippen molar-refractivity contribution in [1.29, 1.82) is 0 Å². The lowest BCUT2D eigenvalue weighted by Gasteiger charge is -2.31. The third kappa shape index (κ3) is 2.58. The minimum absolute atomic E-state index is 1.09. The molecule has 0 aliphatic heterocycles. The molecule has 128 valence electrons. The first-order chi connectivity index (χ1) is 11.8. The molecule has 25 heavy (non-hydrogen) atoms. The SMILES string of the molecule is CC1=C([Si](C)(C)C2=C(C)Cc3cccc(Br)c32)c2c(Br)cccc2C1. The Hall–Kier alpha value is -0.903. The molecule has 2 aliphatic rings. The summed E-state index contributed by atoms with van der Waals surface area (Å²) >= 11 is 7.68. The first-order valence-corrected chi connectivity index (χ1v) is 13.4. The lowest BCUT2D eigenvalue weighted by atomic mass is 10.1. The smallest absolute Gasteiger partial charge is 0.0686 e. The summed E-state index contributed by atoms with van der Waals surface area (Å²) in [5, 5.41) is 3.26. The van der Waals surface area contributed by atoms with Crippen molar-refractivity contribution in [3.63, 3.8) is 0 Å². The zero-order valence-electron chi connectivity index (χ0n) is 15.1. The molecule has 2 aromatic carbocycles. The molecule has 0 radical (unpaired) electrons. The molecule has 0 unspecified atom stereocenters. The highest BCUT2D eigenvalue weighted by Gasteiger charge is 2.41. The Morgan fingerprint density at radius 3 is 1.52 bits per heavy atom. The van der Waals surface area contributed by atoms with E-state index in [4.69, 9.17) is 0 Å². The van der Waals surface area contributed by atoms with E-state index in [9.17, 15) is 0 Å². The van der Waals surface area contributed by atoms with Gasteiger partial charge >= 0.3 is 0 Å². The van der Waals surface area contributed by atoms with Crippen LogP contribution >= 0.6 is 31.9 Å². The van der Waals surface area contributed by atoms with Crippen molar-refractivity contribution in [3.05, 3.63) is 78.7 Å². The fourth-order valence-corrected chi connectivity index (χ4v) is 11.0. The van der Waals surface area contributed by atoms with E-state index in [-0.39, 0.29) is 0 Å². The normalized spacial score (nSPS) is 16.6. The zero-order chi connectivity index (χ0) is 17.9. The third-order valence-electron chi connectivity index (χ3n) is 5.71. The molecule has 0 heterocycles. The summed E-state index contributed by atoms with van der Waals surface area (Å²) in [5.41, 5.74) is 9.01. The van der Waals surface area contributed by atoms with Crippen LogP contribution in [0.25, 0.3) is 10.4 Å². The van der Waals surface area contributed by atoms with E-state index in [0.717, 1.165) is 12.8 Å². The number of fused-ring (bicyclic) bond motifs is 2. The standard InChI is InChI=1S/C22H22Br2Si/c1-13-11-15-7-5-9-17(23)19(15)21(13)25(3,4)22-14(2)12-16-8-6-10-18(24)20(16)22/h5-10H,11-12H2,1-4H3. The van der Waals surface area contributed by atoms with Crippen LogP contribution < -0.4 is 0 Å². The van der Waals surface area contributed by atoms with Gasteiger partial charge in [-0.1, -0.05) is 80.4 Å². The van der Waals surface area contributed by atoms with Gasteiger partial charge in [-0.15, -0.1) is 0 Å². The highest BCUT2D eigenvalue weighted by Crippen LogP contribution is 2.51. The van der Waals surface area contributed by atoms with E-state index >= 15 is 0 Å². The summed E-state index contributed by atoms with van der Waals surface area (Å²) in [4.78, 5) is 0. The number of allylic oxidation sites excluding steroid dienone is 2. The van der Waals surface area contributed by atoms with E-state index in [1.807, 2.05) is 0 Å². The number of benzene rings is 2. The number of hydrogen-bond acceptors (Lipinski definition) is 0. The van der Waals surface area contributed by atoms with Gasteiger partial charge in [0.2, 0.25) is 0 Å². The minimum Gasteiger partial charge on any atom is -0.0686 e. The van der Waals surface area contributed by atoms with Gasteiger partial charge in [-0.3, -0.25) is 0 Å². The van der Waals surface area contributed by atoms with Gasteiger partial charge in [0.15, 0.2) is 0 Å². The van der Waals surface area contributed by atoms with E-state index in [1.165, 1.54) is 31.2 Å². The Bertz CT molecular complexity index is 886. The maximum absolute atomic E-state index is 3.84. The van der Waals surface area contributed by atoms with Gasteiger partial charge < -0.3 is 0 Å². The molecule has 3 heteroatoms. The van der Waals surface area contributed by atoms with Crippen LogP contribution in [0.2, 0.25) is 13.1 Å². The van der Waals surface area contributed by atoms with E-state index in [0.29, 0.717) is 0 Å². The maximum Gasteiger partial charge on any atom is 0.113 e. The van der Waals surface area contributed by atoms with Gasteiger partial charge in [0.25, 0.3) is 0 Å². The average Bonchev–Trinajstić information content (AvgIpc) is 3.05. The molecule has 4 rings (SSSR count). The molecule has 2 aliphatic carbocycles. The molecule has 0 atom stereocenters. The Morgan fingerprint density at radius 1 is 0.720 bits per heavy atom. The van der Waals surface area contributed by atoms with Crippen molar-refractivity contribution in [3.8, 4) is 0 Å². The lowest BCUT2D eigenvalue weighted by Crippen LogP contribution is -2.31. The van der Waals surface area contributed by atoms with Crippen LogP contribution in [0.3, 0.4) is 0 Å². The predicted octanol–water partition coefficient (Wildman–Crippen LogP) is 7.36. The third-order valence-corrected chi connectivity index (χ3v) is 10.9. The first-order valence-electron chi connectivity index (χ1n) is 8.78. The van der Waals surface area contributed by atoms with Crippen LogP contribution in [0.4, 0.5) is 0 Å². The number of hydrogen-bond donors (Lipinski definition) is 0. The molecule has 2 aromatic rings. The van der Waals surface area contributed by atoms with Gasteiger partial charge in [0, 0.05) is 8.95 Å². The summed E-state index contributed by atoms with van der Waals surface area (Å²) in [6, 6.07) is 13.3. The summed E-state index contributed by atoms with van der Waals surface area (Å²) in [6.45, 7) is 9.74. The summed E-state index contributed by atoms with van der Waals surface area (Å²) in [6.07, 6.45) is 2.19. The van der Waals surface area contributed by atoms with E-state index < -0.39 is 8.07 Å². The van der Waals surface area contributed by atoms with Gasteiger partial charge in [-0.25, -0.2) is 0 Å². The van der Waals surface area contributed by atoms with Crippen molar-refractivity contribution in [2.75, 3.05) is 0 Å². The van der Waals surface area contributed by atoms with Crippen LogP contribution in [0.1, 0.15) is 36.1 Å². The summed E-state index contributed by atoms with van der Waals surface area (Å²) < 4.78 is 2.50. The van der Waals surface area contributed by atoms with E-state index in [1.54, 1.807) is 21.5 Å². The van der Waals surface area contributed by atoms with Crippen LogP contribution in [0.15, 0.2) is 56.5 Å². The van der Waals surface area contributed by atoms with Crippen molar-refractivity contribution < 1.29 is 0 Å². The minimum atomic E-state index is -1.83. The quantitative estimate of drug-likeness (QED) is 0.399. The second kappa shape index (κ2) is 6.07. The Labute approximate surface area is 168 Å². The van der Waals surface area contributed by atoms with Gasteiger partial charge in [-0.05, 0) is 71.5 Å². The predicted molar refractivity (Wildman–Crippen MR) is 118 cm³/mol. The fraction of sp³-hybridized carbons (Fsp3) is 0.273. The molecule has 0 aromatic heterocycles. The molecular formula is C22H22Br2Si. The zero-order valence-corrected chi connectivity index (χ0v) is 19.3. The van der Waals surface area contributed by atoms with Crippen molar-refractivity contribution in [2.45, 2.75) is 39.8 Å². The highest BCUT2D eigenvalue weighted by atomic mass is 79.9. The molecule has 0 fully saturated rings. The fourth-order valence-electron chi connectivity index (χ4n) is 4.98. The molecule has 0 spiro atoms. The number of halogens is 2. The van der Waals surface area contributed by atoms with E-state index in [2.05, 4.69) is 95.2 Å². The van der Waals surface area contributed by atoms with Crippen LogP contribution in [0.5, 0.6) is 0 Å². The second-order valence-corrected chi connectivity index (χ2v) is 13.8. The van der Waals surface area contributed by atoms with Gasteiger partial charge in [0.05, 0.1) is 0 Å². The van der Waals surface area contributed by atoms with Gasteiger partial charge in [-0.2, -0.15) is 0 Å². The number of rotatable bonds is 2. The van der Waals surface area contributed by atoms with Crippen LogP contribution in [0, 0.1) is 0 Å². The van der Waals surface area contributed by atoms with Crippen molar-refractivity contribution >= 4 is 50.3 Å². The topological polar surface area (TPSA) is 0 Å². The molecule has 0 bridgehead atoms. The maximum atomic E-state index is 3.84. The Kier molecular flexibility index (Phi) is 4.25. The van der Waals surface area contributed by atoms with Gasteiger partial charge in [0.1, 0.15) is 8.07 Å². The highest BCUT2D eigenvalue weighted by molar-refractivity contribution is 9.10. The average molecular weight is 474 g/mol. The first kappa shape index (κ1) is 17.5. The molecule has 0 saturated heterocycles. The lowest BCUT2D eigenvalue weighted by molar-refractivity contribution is 1.19. The van der Waals surface area contributed by atoms with Crippen LogP contribution in [-0.2, 0) is 12.8 Å². The largest absolute Gasteiger partial charge is 0.113 e. The molecule has 0 N–H and O–H groups in total. The summed E-state index contributed by atoms with van der Waals surface area (Å²) in [5.74, 6) is 0. The molecule has 0 amide bonds. The Balaban J connectivity index is 1.94. The monoisotopic (exact) mass is 472 g/mol. The van der Waals surface area contributed by atoms with Crippen molar-refractivity contribution in [2.24, 2.45) is 0 Å². The Morgan fingerprint density at radius 2 is 1.12 bits per heavy atom. The second-order valence-electron chi connectivity index (χ2n) is 7.84. The van der Waals surface area contributed by atoms with Crippen LogP contribution in [-0.4, -0.2) is 8.07 Å².